The van der Waals surface area contributed by atoms with Crippen molar-refractivity contribution in [2.24, 2.45) is 17.8 Å². The predicted molar refractivity (Wildman–Crippen MR) is 213 cm³/mol. The number of para-hydroxylation sites is 1. The van der Waals surface area contributed by atoms with Crippen molar-refractivity contribution in [1.82, 2.24) is 19.3 Å². The fraction of sp³-hybridized carbons (Fsp3) is 0.391. The Hall–Kier alpha value is -4.64. The molecule has 1 aliphatic carbocycles. The number of fused-ring (bicyclic) bond motifs is 3. The zero-order valence-corrected chi connectivity index (χ0v) is 32.0. The van der Waals surface area contributed by atoms with Crippen LogP contribution in [0.1, 0.15) is 108 Å². The van der Waals surface area contributed by atoms with Gasteiger partial charge >= 0.3 is 0 Å². The molecular formula is C46H54N4O. The molecule has 5 nitrogen and oxygen atoms in total. The summed E-state index contributed by atoms with van der Waals surface area (Å²) >= 11 is 0. The molecule has 1 unspecified atom stereocenters. The van der Waals surface area contributed by atoms with Gasteiger partial charge in [-0.05, 0) is 117 Å². The normalized spacial score (nSPS) is 16.6. The summed E-state index contributed by atoms with van der Waals surface area (Å²) in [6.45, 7) is 20.6. The van der Waals surface area contributed by atoms with Crippen LogP contribution in [0.3, 0.4) is 0 Å². The molecular weight excluding hydrogens is 625 g/mol. The van der Waals surface area contributed by atoms with E-state index >= 15 is 0 Å². The van der Waals surface area contributed by atoms with Gasteiger partial charge in [0.2, 0.25) is 0 Å². The number of aromatic nitrogens is 4. The zero-order chi connectivity index (χ0) is 36.0. The van der Waals surface area contributed by atoms with E-state index in [9.17, 15) is 0 Å². The molecule has 0 fully saturated rings. The molecule has 0 amide bonds. The molecule has 0 bridgehead atoms. The Labute approximate surface area is 304 Å². The third-order valence-corrected chi connectivity index (χ3v) is 10.7. The number of rotatable bonds is 10. The van der Waals surface area contributed by atoms with E-state index in [0.717, 1.165) is 52.6 Å². The van der Waals surface area contributed by atoms with E-state index < -0.39 is 0 Å². The van der Waals surface area contributed by atoms with Crippen molar-refractivity contribution >= 4 is 21.8 Å². The lowest BCUT2D eigenvalue weighted by molar-refractivity contribution is 0.444. The Bertz CT molecular complexity index is 2230. The highest BCUT2D eigenvalue weighted by atomic mass is 16.5. The van der Waals surface area contributed by atoms with Gasteiger partial charge in [0.25, 0.3) is 0 Å². The molecule has 0 saturated heterocycles. The van der Waals surface area contributed by atoms with Gasteiger partial charge in [-0.3, -0.25) is 4.57 Å². The maximum atomic E-state index is 6.83. The smallest absolute Gasteiger partial charge is 0.137 e. The van der Waals surface area contributed by atoms with Crippen molar-refractivity contribution in [1.29, 1.82) is 0 Å². The molecule has 3 heterocycles. The van der Waals surface area contributed by atoms with Gasteiger partial charge in [-0.25, -0.2) is 9.67 Å². The van der Waals surface area contributed by atoms with E-state index in [1.54, 1.807) is 0 Å². The molecule has 6 aromatic rings. The summed E-state index contributed by atoms with van der Waals surface area (Å²) in [7, 11) is 0. The molecule has 0 radical (unpaired) electrons. The van der Waals surface area contributed by atoms with Gasteiger partial charge in [-0.15, -0.1) is 0 Å². The minimum Gasteiger partial charge on any atom is -0.457 e. The molecule has 5 heteroatoms. The summed E-state index contributed by atoms with van der Waals surface area (Å²) in [5, 5.41) is 7.68. The summed E-state index contributed by atoms with van der Waals surface area (Å²) < 4.78 is 11.3. The maximum absolute atomic E-state index is 6.83. The maximum Gasteiger partial charge on any atom is 0.137 e. The fourth-order valence-corrected chi connectivity index (χ4v) is 8.32. The highest BCUT2D eigenvalue weighted by molar-refractivity contribution is 6.09. The Kier molecular flexibility index (Phi) is 9.67. The monoisotopic (exact) mass is 678 g/mol. The van der Waals surface area contributed by atoms with Crippen LogP contribution in [0.5, 0.6) is 11.5 Å². The Balaban J connectivity index is 1.34. The predicted octanol–water partition coefficient (Wildman–Crippen LogP) is 12.4. The van der Waals surface area contributed by atoms with E-state index in [1.807, 2.05) is 6.20 Å². The highest BCUT2D eigenvalue weighted by Gasteiger charge is 2.31. The Morgan fingerprint density at radius 2 is 1.57 bits per heavy atom. The van der Waals surface area contributed by atoms with E-state index in [1.165, 1.54) is 51.6 Å². The molecule has 0 N–H and O–H groups in total. The number of allylic oxidation sites excluding steroid dienone is 2. The van der Waals surface area contributed by atoms with Gasteiger partial charge in [0.1, 0.15) is 17.3 Å². The molecule has 0 aliphatic heterocycles. The summed E-state index contributed by atoms with van der Waals surface area (Å²) in [6, 6.07) is 26.1. The molecule has 3 aromatic heterocycles. The third-order valence-electron chi connectivity index (χ3n) is 10.7. The fourth-order valence-electron chi connectivity index (χ4n) is 8.32. The lowest BCUT2D eigenvalue weighted by Gasteiger charge is -2.30. The molecule has 51 heavy (non-hydrogen) atoms. The first kappa shape index (κ1) is 34.8. The number of pyridine rings is 1. The second kappa shape index (κ2) is 14.2. The van der Waals surface area contributed by atoms with Gasteiger partial charge in [0.05, 0.1) is 22.4 Å². The van der Waals surface area contributed by atoms with Crippen molar-refractivity contribution in [2.75, 3.05) is 0 Å². The standard InChI is InChI=1S/C46H54N4O/c1-28(2)21-34-19-20-47-44(23-34)49-41-16-11-10-15-39(41)40-18-17-37(27-42(40)49)51-38-25-35(30(5)6)24-36(26-38)50-43(22-29(3)4)46(33(9)48-50)45-31(7)13-12-14-32(45)8/h10-11,13,15-20,23-30,32,45H,12,14,21-22H2,1-9H3/t32?,45-/m0/s1. The summed E-state index contributed by atoms with van der Waals surface area (Å²) in [5.41, 5.74) is 11.2. The second-order valence-electron chi connectivity index (χ2n) is 16.1. The third kappa shape index (κ3) is 6.88. The van der Waals surface area contributed by atoms with Crippen LogP contribution in [-0.4, -0.2) is 19.3 Å². The van der Waals surface area contributed by atoms with Gasteiger partial charge in [-0.1, -0.05) is 78.3 Å². The van der Waals surface area contributed by atoms with Crippen LogP contribution in [0.25, 0.3) is 33.3 Å². The topological polar surface area (TPSA) is 44.9 Å². The number of ether oxygens (including phenoxy) is 1. The summed E-state index contributed by atoms with van der Waals surface area (Å²) in [6.07, 6.45) is 8.76. The van der Waals surface area contributed by atoms with Crippen molar-refractivity contribution in [3.8, 4) is 23.0 Å². The van der Waals surface area contributed by atoms with Crippen molar-refractivity contribution in [3.05, 3.63) is 119 Å². The first-order chi connectivity index (χ1) is 24.5. The average molecular weight is 679 g/mol. The number of aryl methyl sites for hydroxylation is 1. The van der Waals surface area contributed by atoms with Crippen molar-refractivity contribution in [2.45, 2.75) is 99.8 Å². The second-order valence-corrected chi connectivity index (χ2v) is 16.1. The Morgan fingerprint density at radius 3 is 2.31 bits per heavy atom. The number of hydrogen-bond donors (Lipinski definition) is 0. The quantitative estimate of drug-likeness (QED) is 0.135. The molecule has 264 valence electrons. The summed E-state index contributed by atoms with van der Waals surface area (Å²) in [5.74, 6) is 4.96. The van der Waals surface area contributed by atoms with E-state index in [-0.39, 0.29) is 0 Å². The number of benzene rings is 3. The van der Waals surface area contributed by atoms with Crippen LogP contribution in [-0.2, 0) is 12.8 Å². The minimum atomic E-state index is 0.328. The van der Waals surface area contributed by atoms with Gasteiger partial charge in [0, 0.05) is 46.3 Å². The van der Waals surface area contributed by atoms with Crippen LogP contribution < -0.4 is 4.74 Å². The largest absolute Gasteiger partial charge is 0.457 e. The van der Waals surface area contributed by atoms with Crippen LogP contribution in [0, 0.1) is 24.7 Å². The van der Waals surface area contributed by atoms with E-state index in [0.29, 0.717) is 29.6 Å². The minimum absolute atomic E-state index is 0.328. The van der Waals surface area contributed by atoms with Crippen molar-refractivity contribution < 1.29 is 4.74 Å². The zero-order valence-electron chi connectivity index (χ0n) is 32.0. The van der Waals surface area contributed by atoms with Crippen LogP contribution in [0.2, 0.25) is 0 Å². The molecule has 2 atom stereocenters. The summed E-state index contributed by atoms with van der Waals surface area (Å²) in [4.78, 5) is 4.87. The van der Waals surface area contributed by atoms with E-state index in [4.69, 9.17) is 14.8 Å². The average Bonchev–Trinajstić information content (AvgIpc) is 3.57. The van der Waals surface area contributed by atoms with Gasteiger partial charge in [-0.2, -0.15) is 5.10 Å². The van der Waals surface area contributed by atoms with Crippen LogP contribution in [0.15, 0.2) is 90.6 Å². The molecule has 7 rings (SSSR count). The lowest BCUT2D eigenvalue weighted by atomic mass is 9.74. The van der Waals surface area contributed by atoms with Crippen LogP contribution >= 0.6 is 0 Å². The molecule has 1 aliphatic rings. The molecule has 0 spiro atoms. The SMILES string of the molecule is CC1=CCCC(C)[C@H]1c1c(C)nn(-c2cc(Oc3ccc4c5ccccc5n(-c5cc(CC(C)C)ccn5)c4c3)cc(C(C)C)c2)c1CC(C)C. The lowest BCUT2D eigenvalue weighted by Crippen LogP contribution is -2.18. The molecule has 0 saturated carbocycles. The van der Waals surface area contributed by atoms with Crippen LogP contribution in [0.4, 0.5) is 0 Å². The molecule has 3 aromatic carbocycles. The first-order valence-corrected chi connectivity index (χ1v) is 19.0. The number of nitrogens with zero attached hydrogens (tertiary/aromatic N) is 4. The number of hydrogen-bond acceptors (Lipinski definition) is 3. The highest BCUT2D eigenvalue weighted by Crippen LogP contribution is 2.43. The van der Waals surface area contributed by atoms with E-state index in [2.05, 4.69) is 150 Å². The first-order valence-electron chi connectivity index (χ1n) is 19.0. The Morgan fingerprint density at radius 1 is 0.804 bits per heavy atom. The van der Waals surface area contributed by atoms with Crippen molar-refractivity contribution in [3.63, 3.8) is 0 Å². The van der Waals surface area contributed by atoms with Gasteiger partial charge < -0.3 is 4.74 Å². The van der Waals surface area contributed by atoms with Gasteiger partial charge in [0.15, 0.2) is 0 Å².